The van der Waals surface area contributed by atoms with Crippen LogP contribution in [0.1, 0.15) is 16.7 Å². The zero-order valence-corrected chi connectivity index (χ0v) is 17.1. The van der Waals surface area contributed by atoms with Crippen LogP contribution in [0, 0.1) is 0 Å². The highest BCUT2D eigenvalue weighted by molar-refractivity contribution is 6.15. The number of likely N-dealkylation sites (tertiary alicyclic amines) is 1. The second-order valence-corrected chi connectivity index (χ2v) is 7.39. The summed E-state index contributed by atoms with van der Waals surface area (Å²) in [6, 6.07) is 28.9. The molecule has 3 aromatic carbocycles. The van der Waals surface area contributed by atoms with Gasteiger partial charge in [-0.05, 0) is 28.8 Å². The Kier molecular flexibility index (Phi) is 6.38. The number of rotatable bonds is 4. The van der Waals surface area contributed by atoms with E-state index in [4.69, 9.17) is 4.74 Å². The van der Waals surface area contributed by atoms with Crippen molar-refractivity contribution in [2.24, 2.45) is 0 Å². The van der Waals surface area contributed by atoms with E-state index in [1.165, 1.54) is 0 Å². The molecular formula is C27H23NO3. The van der Waals surface area contributed by atoms with E-state index in [2.05, 4.69) is 0 Å². The number of nitrogens with zero attached hydrogens (tertiary/aromatic N) is 1. The van der Waals surface area contributed by atoms with Crippen LogP contribution < -0.4 is 0 Å². The average molecular weight is 409 g/mol. The topological polar surface area (TPSA) is 46.6 Å². The fraction of sp³-hybridized carbons (Fsp3) is 0.111. The Balaban J connectivity index is 1.59. The van der Waals surface area contributed by atoms with Crippen LogP contribution in [0.4, 0.5) is 4.79 Å². The first kappa shape index (κ1) is 20.4. The van der Waals surface area contributed by atoms with Crippen LogP contribution in [0.5, 0.6) is 0 Å². The molecule has 4 heteroatoms. The van der Waals surface area contributed by atoms with Gasteiger partial charge in [-0.25, -0.2) is 4.79 Å². The van der Waals surface area contributed by atoms with E-state index in [0.29, 0.717) is 11.1 Å². The summed E-state index contributed by atoms with van der Waals surface area (Å²) >= 11 is 0. The molecule has 0 bridgehead atoms. The van der Waals surface area contributed by atoms with Crippen LogP contribution in [0.25, 0.3) is 12.2 Å². The number of benzene rings is 3. The van der Waals surface area contributed by atoms with Gasteiger partial charge in [0.05, 0.1) is 13.1 Å². The number of hydrogen-bond donors (Lipinski definition) is 0. The van der Waals surface area contributed by atoms with Crippen LogP contribution in [0.15, 0.2) is 102 Å². The lowest BCUT2D eigenvalue weighted by molar-refractivity contribution is -0.113. The molecule has 4 rings (SSSR count). The highest BCUT2D eigenvalue weighted by Crippen LogP contribution is 2.23. The Morgan fingerprint density at radius 2 is 1.19 bits per heavy atom. The molecule has 0 atom stereocenters. The van der Waals surface area contributed by atoms with E-state index in [1.54, 1.807) is 4.90 Å². The van der Waals surface area contributed by atoms with Gasteiger partial charge in [-0.3, -0.25) is 9.69 Å². The third-order valence-corrected chi connectivity index (χ3v) is 5.05. The number of Topliss-reactive ketones (excluding diaryl/α,β-unsaturated/α-hetero) is 1. The molecule has 0 saturated carbocycles. The number of carbonyl (C=O) groups excluding carboxylic acids is 2. The number of ether oxygens (including phenoxy) is 1. The summed E-state index contributed by atoms with van der Waals surface area (Å²) < 4.78 is 5.52. The molecule has 1 aliphatic rings. The van der Waals surface area contributed by atoms with Crippen molar-refractivity contribution in [3.63, 3.8) is 0 Å². The van der Waals surface area contributed by atoms with Gasteiger partial charge < -0.3 is 4.74 Å². The van der Waals surface area contributed by atoms with E-state index < -0.39 is 6.09 Å². The van der Waals surface area contributed by atoms with Gasteiger partial charge in [0.15, 0.2) is 5.78 Å². The Morgan fingerprint density at radius 3 is 1.68 bits per heavy atom. The Labute approximate surface area is 182 Å². The summed E-state index contributed by atoms with van der Waals surface area (Å²) in [4.78, 5) is 27.6. The van der Waals surface area contributed by atoms with Gasteiger partial charge in [-0.2, -0.15) is 0 Å². The standard InChI is InChI=1S/C27H23NO3/c29-26-24(16-21-10-4-1-5-11-21)18-28(19-25(26)17-22-12-6-2-7-13-22)27(30)31-20-23-14-8-3-9-15-23/h1-17H,18-20H2/b24-16+,25-17+. The minimum absolute atomic E-state index is 0.0418. The van der Waals surface area contributed by atoms with Gasteiger partial charge in [0, 0.05) is 11.1 Å². The van der Waals surface area contributed by atoms with Gasteiger partial charge in [-0.1, -0.05) is 91.0 Å². The summed E-state index contributed by atoms with van der Waals surface area (Å²) in [5, 5.41) is 0. The van der Waals surface area contributed by atoms with Crippen molar-refractivity contribution in [1.82, 2.24) is 4.90 Å². The summed E-state index contributed by atoms with van der Waals surface area (Å²) in [6.45, 7) is 0.626. The van der Waals surface area contributed by atoms with Crippen molar-refractivity contribution < 1.29 is 14.3 Å². The second-order valence-electron chi connectivity index (χ2n) is 7.39. The number of ketones is 1. The molecule has 31 heavy (non-hydrogen) atoms. The maximum Gasteiger partial charge on any atom is 0.410 e. The van der Waals surface area contributed by atoms with Crippen LogP contribution >= 0.6 is 0 Å². The molecule has 0 aromatic heterocycles. The smallest absolute Gasteiger partial charge is 0.410 e. The molecule has 1 amide bonds. The number of carbonyl (C=O) groups is 2. The second kappa shape index (κ2) is 9.72. The molecule has 0 radical (unpaired) electrons. The van der Waals surface area contributed by atoms with Gasteiger partial charge in [0.25, 0.3) is 0 Å². The molecule has 0 spiro atoms. The minimum atomic E-state index is -0.436. The number of amides is 1. The molecule has 1 saturated heterocycles. The lowest BCUT2D eigenvalue weighted by Gasteiger charge is -2.29. The molecular weight excluding hydrogens is 386 g/mol. The van der Waals surface area contributed by atoms with Crippen LogP contribution in [-0.4, -0.2) is 29.9 Å². The van der Waals surface area contributed by atoms with E-state index in [0.717, 1.165) is 16.7 Å². The highest BCUT2D eigenvalue weighted by Gasteiger charge is 2.30. The predicted molar refractivity (Wildman–Crippen MR) is 122 cm³/mol. The monoisotopic (exact) mass is 409 g/mol. The number of piperidine rings is 1. The highest BCUT2D eigenvalue weighted by atomic mass is 16.6. The van der Waals surface area contributed by atoms with Crippen molar-refractivity contribution in [3.05, 3.63) is 119 Å². The molecule has 1 fully saturated rings. The average Bonchev–Trinajstić information content (AvgIpc) is 2.82. The summed E-state index contributed by atoms with van der Waals surface area (Å²) in [5.41, 5.74) is 3.89. The molecule has 0 unspecified atom stereocenters. The van der Waals surface area contributed by atoms with E-state index >= 15 is 0 Å². The lowest BCUT2D eigenvalue weighted by atomic mass is 9.94. The fourth-order valence-electron chi connectivity index (χ4n) is 3.48. The van der Waals surface area contributed by atoms with E-state index in [9.17, 15) is 9.59 Å². The summed E-state index contributed by atoms with van der Waals surface area (Å²) in [7, 11) is 0. The van der Waals surface area contributed by atoms with Crippen molar-refractivity contribution in [2.45, 2.75) is 6.61 Å². The maximum atomic E-state index is 13.2. The molecule has 1 heterocycles. The van der Waals surface area contributed by atoms with Crippen molar-refractivity contribution in [3.8, 4) is 0 Å². The van der Waals surface area contributed by atoms with E-state index in [1.807, 2.05) is 103 Å². The van der Waals surface area contributed by atoms with E-state index in [-0.39, 0.29) is 25.5 Å². The molecule has 1 aliphatic heterocycles. The van der Waals surface area contributed by atoms with Gasteiger partial charge in [0.1, 0.15) is 6.61 Å². The van der Waals surface area contributed by atoms with Crippen LogP contribution in [0.2, 0.25) is 0 Å². The Morgan fingerprint density at radius 1 is 0.742 bits per heavy atom. The third kappa shape index (κ3) is 5.37. The fourth-order valence-corrected chi connectivity index (χ4v) is 3.48. The predicted octanol–water partition coefficient (Wildman–Crippen LogP) is 5.38. The molecule has 0 N–H and O–H groups in total. The first-order valence-corrected chi connectivity index (χ1v) is 10.2. The molecule has 4 nitrogen and oxygen atoms in total. The quantitative estimate of drug-likeness (QED) is 0.544. The van der Waals surface area contributed by atoms with Gasteiger partial charge in [-0.15, -0.1) is 0 Å². The van der Waals surface area contributed by atoms with Crippen molar-refractivity contribution in [2.75, 3.05) is 13.1 Å². The summed E-state index contributed by atoms with van der Waals surface area (Å²) in [5.74, 6) is -0.0418. The SMILES string of the molecule is O=C1/C(=C/c2ccccc2)CN(C(=O)OCc2ccccc2)C/C1=C\c1ccccc1. The maximum absolute atomic E-state index is 13.2. The minimum Gasteiger partial charge on any atom is -0.445 e. The summed E-state index contributed by atoms with van der Waals surface area (Å²) in [6.07, 6.45) is 3.25. The number of hydrogen-bond acceptors (Lipinski definition) is 3. The zero-order valence-electron chi connectivity index (χ0n) is 17.1. The Hall–Kier alpha value is -3.92. The van der Waals surface area contributed by atoms with Crippen LogP contribution in [-0.2, 0) is 16.1 Å². The molecule has 0 aliphatic carbocycles. The first-order valence-electron chi connectivity index (χ1n) is 10.2. The zero-order chi connectivity index (χ0) is 21.5. The van der Waals surface area contributed by atoms with Gasteiger partial charge >= 0.3 is 6.09 Å². The molecule has 154 valence electrons. The van der Waals surface area contributed by atoms with Crippen molar-refractivity contribution >= 4 is 24.0 Å². The molecule has 3 aromatic rings. The Bertz CT molecular complexity index is 1040. The lowest BCUT2D eigenvalue weighted by Crippen LogP contribution is -2.41. The first-order chi connectivity index (χ1) is 15.2. The third-order valence-electron chi connectivity index (χ3n) is 5.05. The van der Waals surface area contributed by atoms with Crippen molar-refractivity contribution in [1.29, 1.82) is 0 Å². The normalized spacial score (nSPS) is 16.5. The van der Waals surface area contributed by atoms with Crippen LogP contribution in [0.3, 0.4) is 0 Å². The largest absolute Gasteiger partial charge is 0.445 e. The van der Waals surface area contributed by atoms with Gasteiger partial charge in [0.2, 0.25) is 0 Å².